The second-order valence-electron chi connectivity index (χ2n) is 3.49. The quantitative estimate of drug-likeness (QED) is 0.595. The van der Waals surface area contributed by atoms with E-state index in [9.17, 15) is 0 Å². The van der Waals surface area contributed by atoms with Crippen molar-refractivity contribution in [2.45, 2.75) is 32.6 Å². The second-order valence-corrected chi connectivity index (χ2v) is 4.39. The summed E-state index contributed by atoms with van der Waals surface area (Å²) in [7, 11) is 0. The lowest BCUT2D eigenvalue weighted by molar-refractivity contribution is 0.744. The molecule has 1 N–H and O–H groups in total. The van der Waals surface area contributed by atoms with Crippen molar-refractivity contribution >= 4 is 34.5 Å². The van der Waals surface area contributed by atoms with Gasteiger partial charge in [0.25, 0.3) is 0 Å². The Kier molecular flexibility index (Phi) is 5.66. The van der Waals surface area contributed by atoms with E-state index in [4.69, 9.17) is 23.8 Å². The van der Waals surface area contributed by atoms with Crippen LogP contribution in [0.3, 0.4) is 0 Å². The minimum atomic E-state index is 0.718. The zero-order chi connectivity index (χ0) is 11.1. The fraction of sp³-hybridized carbons (Fsp3) is 0.417. The van der Waals surface area contributed by atoms with E-state index < -0.39 is 0 Å². The molecule has 0 atom stereocenters. The maximum Gasteiger partial charge on any atom is 0.0797 e. The first-order valence-electron chi connectivity index (χ1n) is 5.28. The Bertz CT molecular complexity index is 325. The SMILES string of the molecule is CCCCCC(=S)Nc1ccccc1Cl. The van der Waals surface area contributed by atoms with Crippen molar-refractivity contribution in [1.82, 2.24) is 0 Å². The molecular formula is C12H16ClNS. The van der Waals surface area contributed by atoms with Gasteiger partial charge in [-0.25, -0.2) is 0 Å². The second kappa shape index (κ2) is 6.81. The lowest BCUT2D eigenvalue weighted by Gasteiger charge is -2.08. The van der Waals surface area contributed by atoms with Crippen LogP contribution in [0.4, 0.5) is 5.69 Å². The summed E-state index contributed by atoms with van der Waals surface area (Å²) in [6.45, 7) is 2.19. The number of halogens is 1. The van der Waals surface area contributed by atoms with E-state index >= 15 is 0 Å². The number of nitrogens with one attached hydrogen (secondary N) is 1. The molecule has 3 heteroatoms. The number of para-hydroxylation sites is 1. The third-order valence-corrected chi connectivity index (χ3v) is 2.79. The van der Waals surface area contributed by atoms with E-state index in [-0.39, 0.29) is 0 Å². The van der Waals surface area contributed by atoms with Crippen LogP contribution in [0.1, 0.15) is 32.6 Å². The van der Waals surface area contributed by atoms with Crippen molar-refractivity contribution in [2.24, 2.45) is 0 Å². The predicted molar refractivity (Wildman–Crippen MR) is 71.8 cm³/mol. The van der Waals surface area contributed by atoms with Gasteiger partial charge in [0.1, 0.15) is 0 Å². The van der Waals surface area contributed by atoms with Gasteiger partial charge in [0.05, 0.1) is 15.7 Å². The Morgan fingerprint density at radius 1 is 1.33 bits per heavy atom. The van der Waals surface area contributed by atoms with Crippen LogP contribution in [-0.4, -0.2) is 4.99 Å². The highest BCUT2D eigenvalue weighted by Crippen LogP contribution is 2.21. The Balaban J connectivity index is 2.41. The van der Waals surface area contributed by atoms with E-state index in [1.54, 1.807) is 0 Å². The maximum absolute atomic E-state index is 6.01. The number of anilines is 1. The van der Waals surface area contributed by atoms with Crippen molar-refractivity contribution < 1.29 is 0 Å². The summed E-state index contributed by atoms with van der Waals surface area (Å²) in [4.78, 5) is 0.872. The molecular weight excluding hydrogens is 226 g/mol. The van der Waals surface area contributed by atoms with E-state index in [1.807, 2.05) is 24.3 Å². The van der Waals surface area contributed by atoms with Crippen LogP contribution in [0.25, 0.3) is 0 Å². The lowest BCUT2D eigenvalue weighted by Crippen LogP contribution is -2.08. The van der Waals surface area contributed by atoms with Gasteiger partial charge >= 0.3 is 0 Å². The minimum Gasteiger partial charge on any atom is -0.349 e. The van der Waals surface area contributed by atoms with Crippen molar-refractivity contribution in [3.8, 4) is 0 Å². The standard InChI is InChI=1S/C12H16ClNS/c1-2-3-4-9-12(15)14-11-8-6-5-7-10(11)13/h5-8H,2-4,9H2,1H3,(H,14,15). The average Bonchev–Trinajstić information content (AvgIpc) is 2.22. The highest BCUT2D eigenvalue weighted by atomic mass is 35.5. The van der Waals surface area contributed by atoms with Gasteiger partial charge in [-0.3, -0.25) is 0 Å². The number of unbranched alkanes of at least 4 members (excludes halogenated alkanes) is 2. The van der Waals surface area contributed by atoms with E-state index in [2.05, 4.69) is 12.2 Å². The monoisotopic (exact) mass is 241 g/mol. The van der Waals surface area contributed by atoms with Crippen LogP contribution in [0.15, 0.2) is 24.3 Å². The Labute approximate surface area is 102 Å². The fourth-order valence-electron chi connectivity index (χ4n) is 1.31. The van der Waals surface area contributed by atoms with Gasteiger partial charge in [-0.2, -0.15) is 0 Å². The lowest BCUT2D eigenvalue weighted by atomic mass is 10.2. The molecule has 0 saturated carbocycles. The number of hydrogen-bond donors (Lipinski definition) is 1. The van der Waals surface area contributed by atoms with Crippen LogP contribution >= 0.6 is 23.8 Å². The fourth-order valence-corrected chi connectivity index (χ4v) is 1.75. The molecule has 1 rings (SSSR count). The normalized spacial score (nSPS) is 10.0. The smallest absolute Gasteiger partial charge is 0.0797 e. The number of hydrogen-bond acceptors (Lipinski definition) is 1. The Hall–Kier alpha value is -0.600. The van der Waals surface area contributed by atoms with E-state index in [1.165, 1.54) is 12.8 Å². The van der Waals surface area contributed by atoms with Crippen molar-refractivity contribution in [1.29, 1.82) is 0 Å². The molecule has 0 saturated heterocycles. The summed E-state index contributed by atoms with van der Waals surface area (Å²) >= 11 is 11.2. The molecule has 0 aliphatic rings. The van der Waals surface area contributed by atoms with Gasteiger partial charge in [0.15, 0.2) is 0 Å². The highest BCUT2D eigenvalue weighted by molar-refractivity contribution is 7.80. The molecule has 0 heterocycles. The minimum absolute atomic E-state index is 0.718. The zero-order valence-corrected chi connectivity index (χ0v) is 10.5. The summed E-state index contributed by atoms with van der Waals surface area (Å²) < 4.78 is 0. The third-order valence-electron chi connectivity index (χ3n) is 2.16. The topological polar surface area (TPSA) is 12.0 Å². The Morgan fingerprint density at radius 3 is 2.73 bits per heavy atom. The van der Waals surface area contributed by atoms with Crippen LogP contribution in [0.5, 0.6) is 0 Å². The number of thiocarbonyl (C=S) groups is 1. The van der Waals surface area contributed by atoms with Gasteiger partial charge in [-0.05, 0) is 25.0 Å². The summed E-state index contributed by atoms with van der Waals surface area (Å²) in [6, 6.07) is 7.66. The van der Waals surface area contributed by atoms with Crippen molar-refractivity contribution in [3.63, 3.8) is 0 Å². The highest BCUT2D eigenvalue weighted by Gasteiger charge is 2.01. The van der Waals surface area contributed by atoms with E-state index in [0.29, 0.717) is 0 Å². The number of rotatable bonds is 5. The molecule has 0 unspecified atom stereocenters. The molecule has 0 bridgehead atoms. The summed E-state index contributed by atoms with van der Waals surface area (Å²) in [5, 5.41) is 3.89. The first-order valence-corrected chi connectivity index (χ1v) is 6.07. The van der Waals surface area contributed by atoms with Gasteiger partial charge in [0, 0.05) is 0 Å². The van der Waals surface area contributed by atoms with Crippen molar-refractivity contribution in [3.05, 3.63) is 29.3 Å². The molecule has 0 aliphatic carbocycles. The molecule has 0 radical (unpaired) electrons. The largest absolute Gasteiger partial charge is 0.349 e. The average molecular weight is 242 g/mol. The summed E-state index contributed by atoms with van der Waals surface area (Å²) in [6.07, 6.45) is 4.53. The summed E-state index contributed by atoms with van der Waals surface area (Å²) in [5.74, 6) is 0. The molecule has 1 nitrogen and oxygen atoms in total. The van der Waals surface area contributed by atoms with Gasteiger partial charge in [0.2, 0.25) is 0 Å². The molecule has 0 spiro atoms. The van der Waals surface area contributed by atoms with Crippen LogP contribution in [0.2, 0.25) is 5.02 Å². The summed E-state index contributed by atoms with van der Waals surface area (Å²) in [5.41, 5.74) is 0.903. The molecule has 0 amide bonds. The first-order chi connectivity index (χ1) is 7.24. The Morgan fingerprint density at radius 2 is 2.07 bits per heavy atom. The molecule has 82 valence electrons. The molecule has 0 aliphatic heterocycles. The van der Waals surface area contributed by atoms with Gasteiger partial charge < -0.3 is 5.32 Å². The number of benzene rings is 1. The molecule has 0 aromatic heterocycles. The third kappa shape index (κ3) is 4.63. The van der Waals surface area contributed by atoms with Crippen LogP contribution in [0, 0.1) is 0 Å². The molecule has 0 fully saturated rings. The van der Waals surface area contributed by atoms with Crippen molar-refractivity contribution in [2.75, 3.05) is 5.32 Å². The molecule has 15 heavy (non-hydrogen) atoms. The molecule has 1 aromatic carbocycles. The van der Waals surface area contributed by atoms with Gasteiger partial charge in [-0.15, -0.1) is 0 Å². The first kappa shape index (κ1) is 12.5. The molecule has 1 aromatic rings. The maximum atomic E-state index is 6.01. The van der Waals surface area contributed by atoms with Crippen LogP contribution in [-0.2, 0) is 0 Å². The van der Waals surface area contributed by atoms with Gasteiger partial charge in [-0.1, -0.05) is 55.7 Å². The van der Waals surface area contributed by atoms with Crippen LogP contribution < -0.4 is 5.32 Å². The predicted octanol–water partition coefficient (Wildman–Crippen LogP) is 4.66. The zero-order valence-electron chi connectivity index (χ0n) is 8.92. The van der Waals surface area contributed by atoms with E-state index in [0.717, 1.165) is 28.5 Å².